The van der Waals surface area contributed by atoms with Crippen LogP contribution in [0.2, 0.25) is 0 Å². The molecule has 1 fully saturated rings. The van der Waals surface area contributed by atoms with Crippen LogP contribution in [0.5, 0.6) is 0 Å². The lowest BCUT2D eigenvalue weighted by Gasteiger charge is -2.24. The van der Waals surface area contributed by atoms with Crippen LogP contribution in [0.4, 0.5) is 5.69 Å². The van der Waals surface area contributed by atoms with Gasteiger partial charge >= 0.3 is 0 Å². The molecule has 1 atom stereocenters. The summed E-state index contributed by atoms with van der Waals surface area (Å²) >= 11 is 0. The molecule has 1 aliphatic heterocycles. The van der Waals surface area contributed by atoms with Crippen LogP contribution >= 0.6 is 0 Å². The van der Waals surface area contributed by atoms with Crippen molar-refractivity contribution in [2.24, 2.45) is 0 Å². The normalized spacial score (nSPS) is 22.2. The number of aryl methyl sites for hydroxylation is 1. The van der Waals surface area contributed by atoms with E-state index < -0.39 is 4.92 Å². The molecule has 6 nitrogen and oxygen atoms in total. The fraction of sp³-hybridized carbons (Fsp3) is 0.462. The van der Waals surface area contributed by atoms with Crippen LogP contribution in [-0.4, -0.2) is 29.5 Å². The van der Waals surface area contributed by atoms with E-state index in [9.17, 15) is 14.9 Å². The maximum absolute atomic E-state index is 12.2. The van der Waals surface area contributed by atoms with Gasteiger partial charge in [-0.05, 0) is 32.9 Å². The number of nitrogens with zero attached hydrogens (tertiary/aromatic N) is 1. The third-order valence-corrected chi connectivity index (χ3v) is 3.45. The van der Waals surface area contributed by atoms with Crippen molar-refractivity contribution >= 4 is 11.6 Å². The second-order valence-corrected chi connectivity index (χ2v) is 5.17. The van der Waals surface area contributed by atoms with Crippen molar-refractivity contribution in [1.29, 1.82) is 0 Å². The van der Waals surface area contributed by atoms with E-state index in [1.165, 1.54) is 6.07 Å². The van der Waals surface area contributed by atoms with Gasteiger partial charge in [0, 0.05) is 12.1 Å². The van der Waals surface area contributed by atoms with Crippen LogP contribution in [0.1, 0.15) is 29.3 Å². The average Bonchev–Trinajstić information content (AvgIpc) is 2.74. The minimum absolute atomic E-state index is 0.116. The molecule has 1 aromatic carbocycles. The van der Waals surface area contributed by atoms with E-state index in [0.29, 0.717) is 12.1 Å². The van der Waals surface area contributed by atoms with E-state index in [0.717, 1.165) is 13.0 Å². The number of carbonyl (C=O) groups excluding carboxylic acids is 1. The SMILES string of the molecule is Cc1cccc(C(=O)NC2(C)CCNC2)c1[N+](=O)[O-]. The van der Waals surface area contributed by atoms with Crippen molar-refractivity contribution in [1.82, 2.24) is 10.6 Å². The Balaban J connectivity index is 2.29. The maximum atomic E-state index is 12.2. The monoisotopic (exact) mass is 263 g/mol. The zero-order chi connectivity index (χ0) is 14.0. The predicted molar refractivity (Wildman–Crippen MR) is 71.2 cm³/mol. The van der Waals surface area contributed by atoms with Crippen molar-refractivity contribution in [2.75, 3.05) is 13.1 Å². The van der Waals surface area contributed by atoms with Gasteiger partial charge in [0.15, 0.2) is 0 Å². The highest BCUT2D eigenvalue weighted by Gasteiger charge is 2.32. The molecule has 1 unspecified atom stereocenters. The first kappa shape index (κ1) is 13.5. The third kappa shape index (κ3) is 2.73. The van der Waals surface area contributed by atoms with E-state index in [2.05, 4.69) is 10.6 Å². The smallest absolute Gasteiger partial charge is 0.285 e. The van der Waals surface area contributed by atoms with Gasteiger partial charge in [-0.1, -0.05) is 12.1 Å². The number of para-hydroxylation sites is 1. The molecule has 0 radical (unpaired) electrons. The van der Waals surface area contributed by atoms with Gasteiger partial charge in [0.2, 0.25) is 0 Å². The third-order valence-electron chi connectivity index (χ3n) is 3.45. The molecule has 1 amide bonds. The molecule has 0 bridgehead atoms. The van der Waals surface area contributed by atoms with E-state index in [-0.39, 0.29) is 22.7 Å². The summed E-state index contributed by atoms with van der Waals surface area (Å²) in [6.07, 6.45) is 0.818. The number of nitro groups is 1. The number of hydrogen-bond acceptors (Lipinski definition) is 4. The fourth-order valence-electron chi connectivity index (χ4n) is 2.35. The molecule has 0 saturated carbocycles. The molecule has 0 aromatic heterocycles. The zero-order valence-corrected chi connectivity index (χ0v) is 11.0. The van der Waals surface area contributed by atoms with Crippen LogP contribution in [0.3, 0.4) is 0 Å². The molecule has 1 saturated heterocycles. The Kier molecular flexibility index (Phi) is 3.53. The zero-order valence-electron chi connectivity index (χ0n) is 11.0. The molecule has 1 aliphatic rings. The van der Waals surface area contributed by atoms with Crippen LogP contribution in [0.15, 0.2) is 18.2 Å². The summed E-state index contributed by atoms with van der Waals surface area (Å²) in [7, 11) is 0. The molecule has 6 heteroatoms. The fourth-order valence-corrected chi connectivity index (χ4v) is 2.35. The lowest BCUT2D eigenvalue weighted by molar-refractivity contribution is -0.385. The van der Waals surface area contributed by atoms with Gasteiger partial charge in [-0.25, -0.2) is 0 Å². The highest BCUT2D eigenvalue weighted by molar-refractivity contribution is 5.99. The first-order valence-corrected chi connectivity index (χ1v) is 6.20. The number of hydrogen-bond donors (Lipinski definition) is 2. The first-order valence-electron chi connectivity index (χ1n) is 6.20. The molecule has 0 spiro atoms. The molecule has 2 rings (SSSR count). The van der Waals surface area contributed by atoms with Crippen LogP contribution in [0, 0.1) is 17.0 Å². The number of carbonyl (C=O) groups is 1. The largest absolute Gasteiger partial charge is 0.345 e. The lowest BCUT2D eigenvalue weighted by atomic mass is 10.00. The van der Waals surface area contributed by atoms with E-state index in [4.69, 9.17) is 0 Å². The number of nitro benzene ring substituents is 1. The number of benzene rings is 1. The lowest BCUT2D eigenvalue weighted by Crippen LogP contribution is -2.47. The van der Waals surface area contributed by atoms with Gasteiger partial charge in [-0.2, -0.15) is 0 Å². The quantitative estimate of drug-likeness (QED) is 0.637. The molecular formula is C13H17N3O3. The summed E-state index contributed by atoms with van der Waals surface area (Å²) < 4.78 is 0. The Morgan fingerprint density at radius 1 is 1.53 bits per heavy atom. The average molecular weight is 263 g/mol. The molecule has 19 heavy (non-hydrogen) atoms. The highest BCUT2D eigenvalue weighted by atomic mass is 16.6. The number of amides is 1. The van der Waals surface area contributed by atoms with Crippen LogP contribution < -0.4 is 10.6 Å². The summed E-state index contributed by atoms with van der Waals surface area (Å²) in [5.41, 5.74) is 0.161. The predicted octanol–water partition coefficient (Wildman–Crippen LogP) is 1.39. The molecule has 0 aliphatic carbocycles. The summed E-state index contributed by atoms with van der Waals surface area (Å²) in [4.78, 5) is 22.8. The van der Waals surface area contributed by atoms with Gasteiger partial charge in [-0.15, -0.1) is 0 Å². The first-order chi connectivity index (χ1) is 8.93. The molecular weight excluding hydrogens is 246 g/mol. The Bertz CT molecular complexity index is 522. The standard InChI is InChI=1S/C13H17N3O3/c1-9-4-3-5-10(11(9)16(18)19)12(17)15-13(2)6-7-14-8-13/h3-5,14H,6-8H2,1-2H3,(H,15,17). The molecule has 1 aromatic rings. The van der Waals surface area contributed by atoms with Gasteiger partial charge in [0.1, 0.15) is 5.56 Å². The summed E-state index contributed by atoms with van der Waals surface area (Å²) in [6.45, 7) is 5.09. The minimum Gasteiger partial charge on any atom is -0.345 e. The van der Waals surface area contributed by atoms with Crippen molar-refractivity contribution in [2.45, 2.75) is 25.8 Å². The Morgan fingerprint density at radius 2 is 2.26 bits per heavy atom. The van der Waals surface area contributed by atoms with Crippen molar-refractivity contribution < 1.29 is 9.72 Å². The Hall–Kier alpha value is -1.95. The maximum Gasteiger partial charge on any atom is 0.285 e. The van der Waals surface area contributed by atoms with Crippen molar-refractivity contribution in [3.8, 4) is 0 Å². The molecule has 1 heterocycles. The van der Waals surface area contributed by atoms with Crippen molar-refractivity contribution in [3.05, 3.63) is 39.4 Å². The van der Waals surface area contributed by atoms with E-state index >= 15 is 0 Å². The van der Waals surface area contributed by atoms with Gasteiger partial charge in [0.25, 0.3) is 11.6 Å². The summed E-state index contributed by atoms with van der Waals surface area (Å²) in [5, 5.41) is 17.1. The van der Waals surface area contributed by atoms with Gasteiger partial charge in [-0.3, -0.25) is 14.9 Å². The van der Waals surface area contributed by atoms with Gasteiger partial charge < -0.3 is 10.6 Å². The Morgan fingerprint density at radius 3 is 2.84 bits per heavy atom. The second kappa shape index (κ2) is 4.97. The number of rotatable bonds is 3. The topological polar surface area (TPSA) is 84.3 Å². The van der Waals surface area contributed by atoms with E-state index in [1.807, 2.05) is 6.92 Å². The highest BCUT2D eigenvalue weighted by Crippen LogP contribution is 2.24. The van der Waals surface area contributed by atoms with Gasteiger partial charge in [0.05, 0.1) is 10.5 Å². The molecule has 2 N–H and O–H groups in total. The Labute approximate surface area is 111 Å². The minimum atomic E-state index is -0.501. The second-order valence-electron chi connectivity index (χ2n) is 5.17. The van der Waals surface area contributed by atoms with Crippen molar-refractivity contribution in [3.63, 3.8) is 0 Å². The van der Waals surface area contributed by atoms with Crippen LogP contribution in [0.25, 0.3) is 0 Å². The summed E-state index contributed by atoms with van der Waals surface area (Å²) in [6, 6.07) is 4.78. The summed E-state index contributed by atoms with van der Waals surface area (Å²) in [5.74, 6) is -0.387. The van der Waals surface area contributed by atoms with Crippen LogP contribution in [-0.2, 0) is 0 Å². The molecule has 102 valence electrons. The van der Waals surface area contributed by atoms with E-state index in [1.54, 1.807) is 19.1 Å². The number of nitrogens with one attached hydrogen (secondary N) is 2.